The van der Waals surface area contributed by atoms with Crippen LogP contribution in [0.1, 0.15) is 46.7 Å². The van der Waals surface area contributed by atoms with Crippen LogP contribution >= 0.6 is 0 Å². The quantitative estimate of drug-likeness (QED) is 0.342. The number of fused-ring (bicyclic) bond motifs is 1. The van der Waals surface area contributed by atoms with Gasteiger partial charge in [0.2, 0.25) is 5.91 Å². The monoisotopic (exact) mass is 554 g/mol. The fraction of sp³-hybridized carbons (Fsp3) is 0.552. The number of hydrogen-bond acceptors (Lipinski definition) is 7. The first-order chi connectivity index (χ1) is 18.2. The Balaban J connectivity index is 1.73. The van der Waals surface area contributed by atoms with E-state index in [1.807, 2.05) is 36.0 Å². The molecule has 1 N–H and O–H groups in total. The molecule has 9 nitrogen and oxygen atoms in total. The van der Waals surface area contributed by atoms with Crippen molar-refractivity contribution in [3.63, 3.8) is 0 Å². The van der Waals surface area contributed by atoms with E-state index in [1.165, 1.54) is 6.92 Å². The molecule has 1 aliphatic rings. The molecule has 10 heteroatoms. The summed E-state index contributed by atoms with van der Waals surface area (Å²) in [5, 5.41) is 3.82. The summed E-state index contributed by atoms with van der Waals surface area (Å²) in [6, 6.07) is 5.78. The molecule has 4 rings (SSSR count). The smallest absolute Gasteiger partial charge is 0.222 e. The van der Waals surface area contributed by atoms with E-state index in [4.69, 9.17) is 23.6 Å². The average Bonchev–Trinajstić information content (AvgIpc) is 3.47. The van der Waals surface area contributed by atoms with Gasteiger partial charge in [0.25, 0.3) is 0 Å². The van der Waals surface area contributed by atoms with Gasteiger partial charge in [0.1, 0.15) is 23.8 Å². The zero-order chi connectivity index (χ0) is 28.6. The van der Waals surface area contributed by atoms with Gasteiger partial charge >= 0.3 is 0 Å². The van der Waals surface area contributed by atoms with E-state index in [0.717, 1.165) is 27.9 Å². The number of nitrogens with zero attached hydrogens (tertiary/aromatic N) is 3. The molecular formula is C29H42N4O5Si. The van der Waals surface area contributed by atoms with Crippen molar-refractivity contribution >= 4 is 30.9 Å². The Bertz CT molecular complexity index is 1340. The molecule has 4 heterocycles. The van der Waals surface area contributed by atoms with E-state index in [1.54, 1.807) is 13.3 Å². The molecule has 3 aromatic heterocycles. The summed E-state index contributed by atoms with van der Waals surface area (Å²) >= 11 is 0. The van der Waals surface area contributed by atoms with Crippen LogP contribution in [0.2, 0.25) is 18.1 Å². The molecule has 0 bridgehead atoms. The molecule has 1 saturated heterocycles. The summed E-state index contributed by atoms with van der Waals surface area (Å²) in [6.07, 6.45) is 4.41. The highest BCUT2D eigenvalue weighted by atomic mass is 28.4. The van der Waals surface area contributed by atoms with Gasteiger partial charge in [-0.3, -0.25) is 4.79 Å². The Morgan fingerprint density at radius 3 is 2.64 bits per heavy atom. The minimum absolute atomic E-state index is 0.0685. The minimum atomic E-state index is -1.93. The highest BCUT2D eigenvalue weighted by molar-refractivity contribution is 6.74. The third kappa shape index (κ3) is 6.19. The number of pyridine rings is 2. The number of aryl methyl sites for hydroxylation is 1. The van der Waals surface area contributed by atoms with Crippen molar-refractivity contribution in [2.75, 3.05) is 32.2 Å². The lowest BCUT2D eigenvalue weighted by atomic mass is 9.96. The molecular weight excluding hydrogens is 512 g/mol. The van der Waals surface area contributed by atoms with Gasteiger partial charge in [-0.1, -0.05) is 20.8 Å². The fourth-order valence-electron chi connectivity index (χ4n) is 4.63. The van der Waals surface area contributed by atoms with E-state index < -0.39 is 13.9 Å². The predicted octanol–water partition coefficient (Wildman–Crippen LogP) is 5.64. The van der Waals surface area contributed by atoms with Crippen molar-refractivity contribution in [2.24, 2.45) is 7.05 Å². The predicted molar refractivity (Wildman–Crippen MR) is 156 cm³/mol. The summed E-state index contributed by atoms with van der Waals surface area (Å²) in [4.78, 5) is 21.1. The molecule has 0 aliphatic carbocycles. The van der Waals surface area contributed by atoms with Gasteiger partial charge in [0.05, 0.1) is 35.8 Å². The normalized spacial score (nSPS) is 18.9. The number of amides is 1. The van der Waals surface area contributed by atoms with Crippen LogP contribution in [0.4, 0.5) is 5.82 Å². The largest absolute Gasteiger partial charge is 0.491 e. The topological polar surface area (TPSA) is 96.7 Å². The van der Waals surface area contributed by atoms with Gasteiger partial charge < -0.3 is 28.5 Å². The van der Waals surface area contributed by atoms with Gasteiger partial charge in [-0.2, -0.15) is 0 Å². The van der Waals surface area contributed by atoms with Gasteiger partial charge in [-0.25, -0.2) is 9.97 Å². The van der Waals surface area contributed by atoms with Crippen LogP contribution in [0.15, 0.2) is 30.6 Å². The lowest BCUT2D eigenvalue weighted by Gasteiger charge is -2.38. The second-order valence-corrected chi connectivity index (χ2v) is 16.8. The van der Waals surface area contributed by atoms with Crippen LogP contribution < -0.4 is 10.1 Å². The van der Waals surface area contributed by atoms with Crippen LogP contribution in [0, 0.1) is 0 Å². The molecule has 212 valence electrons. The van der Waals surface area contributed by atoms with Crippen LogP contribution in [0.25, 0.3) is 22.2 Å². The molecule has 1 unspecified atom stereocenters. The molecule has 0 aromatic carbocycles. The third-order valence-electron chi connectivity index (χ3n) is 7.88. The van der Waals surface area contributed by atoms with Crippen LogP contribution in [-0.4, -0.2) is 61.8 Å². The highest BCUT2D eigenvalue weighted by Gasteiger charge is 2.40. The van der Waals surface area contributed by atoms with Gasteiger partial charge in [-0.15, -0.1) is 0 Å². The first kappa shape index (κ1) is 29.2. The summed E-state index contributed by atoms with van der Waals surface area (Å²) < 4.78 is 26.6. The maximum absolute atomic E-state index is 11.7. The number of rotatable bonds is 9. The lowest BCUT2D eigenvalue weighted by molar-refractivity contribution is -0.114. The molecule has 1 fully saturated rings. The van der Waals surface area contributed by atoms with Crippen LogP contribution in [-0.2, 0) is 31.3 Å². The highest BCUT2D eigenvalue weighted by Crippen LogP contribution is 2.39. The Labute approximate surface area is 232 Å². The number of carbonyl (C=O) groups is 1. The van der Waals surface area contributed by atoms with E-state index >= 15 is 0 Å². The summed E-state index contributed by atoms with van der Waals surface area (Å²) in [7, 11) is 1.73. The van der Waals surface area contributed by atoms with Crippen molar-refractivity contribution in [3.8, 4) is 17.0 Å². The minimum Gasteiger partial charge on any atom is -0.491 e. The molecule has 2 atom stereocenters. The molecule has 1 amide bonds. The zero-order valence-corrected chi connectivity index (χ0v) is 25.7. The number of carbonyl (C=O) groups excluding carboxylic acids is 1. The Morgan fingerprint density at radius 1 is 1.28 bits per heavy atom. The second kappa shape index (κ2) is 11.0. The van der Waals surface area contributed by atoms with E-state index in [0.29, 0.717) is 37.8 Å². The van der Waals surface area contributed by atoms with Crippen molar-refractivity contribution < 1.29 is 23.4 Å². The maximum Gasteiger partial charge on any atom is 0.222 e. The fourth-order valence-corrected chi connectivity index (χ4v) is 6.06. The number of methoxy groups -OCH3 is 1. The Kier molecular flexibility index (Phi) is 8.23. The molecule has 0 radical (unpaired) electrons. The zero-order valence-electron chi connectivity index (χ0n) is 24.7. The summed E-state index contributed by atoms with van der Waals surface area (Å²) in [6.45, 7) is 16.2. The molecule has 0 saturated carbocycles. The van der Waals surface area contributed by atoms with Crippen molar-refractivity contribution in [2.45, 2.75) is 70.9 Å². The first-order valence-corrected chi connectivity index (χ1v) is 16.3. The molecule has 1 aliphatic heterocycles. The summed E-state index contributed by atoms with van der Waals surface area (Å²) in [5.74, 6) is 1.01. The third-order valence-corrected chi connectivity index (χ3v) is 12.5. The van der Waals surface area contributed by atoms with Crippen molar-refractivity contribution in [3.05, 3.63) is 36.3 Å². The number of nitrogens with one attached hydrogen (secondary N) is 1. The van der Waals surface area contributed by atoms with Crippen LogP contribution in [0.5, 0.6) is 5.75 Å². The SMILES string of the molecule is CO[C@@]1(c2cc(OCC(C)O[Si](C)(C)C(C)(C)C)cc(-c3cn(C)c4cnc(NC(C)=O)cc34)n2)CCOC1. The van der Waals surface area contributed by atoms with Crippen molar-refractivity contribution in [1.29, 1.82) is 0 Å². The van der Waals surface area contributed by atoms with E-state index in [2.05, 4.69) is 51.1 Å². The van der Waals surface area contributed by atoms with E-state index in [-0.39, 0.29) is 17.0 Å². The standard InChI is InChI=1S/C29H42N4O5Si/c1-19(38-39(8,9)28(3,4)5)17-37-21-12-24(32-26(13-21)29(35-7)10-11-36-18-29)23-16-33(6)25-15-30-27(14-22(23)25)31-20(2)34/h12-16,19H,10-11,17-18H2,1-9H3,(H,30,31,34)/t19?,29-/m0/s1. The van der Waals surface area contributed by atoms with Gasteiger partial charge in [-0.05, 0) is 31.1 Å². The number of ether oxygens (including phenoxy) is 3. The van der Waals surface area contributed by atoms with Crippen molar-refractivity contribution in [1.82, 2.24) is 14.5 Å². The second-order valence-electron chi connectivity index (χ2n) is 12.0. The number of hydrogen-bond donors (Lipinski definition) is 1. The number of anilines is 1. The average molecular weight is 555 g/mol. The Hall–Kier alpha value is -2.79. The van der Waals surface area contributed by atoms with Crippen LogP contribution in [0.3, 0.4) is 0 Å². The van der Waals surface area contributed by atoms with Gasteiger partial charge in [0.15, 0.2) is 8.32 Å². The molecule has 39 heavy (non-hydrogen) atoms. The first-order valence-electron chi connectivity index (χ1n) is 13.4. The number of aromatic nitrogens is 3. The molecule has 0 spiro atoms. The molecule has 3 aromatic rings. The van der Waals surface area contributed by atoms with E-state index in [9.17, 15) is 4.79 Å². The lowest BCUT2D eigenvalue weighted by Crippen LogP contribution is -2.44. The van der Waals surface area contributed by atoms with Gasteiger partial charge in [0, 0.05) is 63.4 Å². The maximum atomic E-state index is 11.7. The summed E-state index contributed by atoms with van der Waals surface area (Å²) in [5.41, 5.74) is 2.69. The Morgan fingerprint density at radius 2 is 2.03 bits per heavy atom.